The first kappa shape index (κ1) is 18.3. The summed E-state index contributed by atoms with van der Waals surface area (Å²) in [5.74, 6) is 0.941. The molecule has 0 saturated carbocycles. The summed E-state index contributed by atoms with van der Waals surface area (Å²) in [6, 6.07) is 14.7. The fourth-order valence-electron chi connectivity index (χ4n) is 2.32. The van der Waals surface area contributed by atoms with E-state index >= 15 is 0 Å². The fraction of sp³-hybridized carbons (Fsp3) is 0.0500. The molecule has 1 heterocycles. The summed E-state index contributed by atoms with van der Waals surface area (Å²) in [6.45, 7) is 0. The summed E-state index contributed by atoms with van der Waals surface area (Å²) in [4.78, 5) is 12.0. The van der Waals surface area contributed by atoms with E-state index in [0.29, 0.717) is 22.2 Å². The van der Waals surface area contributed by atoms with Gasteiger partial charge in [-0.2, -0.15) is 0 Å². The predicted octanol–water partition coefficient (Wildman–Crippen LogP) is 5.98. The van der Waals surface area contributed by atoms with Gasteiger partial charge in [0.2, 0.25) is 5.91 Å². The maximum absolute atomic E-state index is 12.0. The third kappa shape index (κ3) is 4.56. The third-order valence-electron chi connectivity index (χ3n) is 3.54. The van der Waals surface area contributed by atoms with Crippen LogP contribution in [0.4, 0.5) is 5.69 Å². The van der Waals surface area contributed by atoms with Gasteiger partial charge in [-0.15, -0.1) is 0 Å². The second kappa shape index (κ2) is 8.25. The van der Waals surface area contributed by atoms with Crippen LogP contribution in [0.1, 0.15) is 5.76 Å². The molecule has 132 valence electrons. The Kier molecular flexibility index (Phi) is 5.81. The number of halogens is 2. The SMILES string of the molecule is COc1cccc(NC(=O)C=CC=C(Cl)c2cc3cc(Br)ccc3o2)c1. The van der Waals surface area contributed by atoms with Crippen LogP contribution in [0.5, 0.6) is 5.75 Å². The molecule has 3 aromatic rings. The molecule has 0 fully saturated rings. The summed E-state index contributed by atoms with van der Waals surface area (Å²) >= 11 is 9.68. The van der Waals surface area contributed by atoms with Crippen molar-refractivity contribution in [3.8, 4) is 5.75 Å². The molecule has 0 radical (unpaired) electrons. The molecular formula is C20H15BrClNO3. The maximum atomic E-state index is 12.0. The van der Waals surface area contributed by atoms with Crippen molar-refractivity contribution in [2.24, 2.45) is 0 Å². The lowest BCUT2D eigenvalue weighted by atomic mass is 10.2. The van der Waals surface area contributed by atoms with Crippen LogP contribution in [0, 0.1) is 0 Å². The van der Waals surface area contributed by atoms with Crippen LogP contribution in [-0.4, -0.2) is 13.0 Å². The molecule has 2 aromatic carbocycles. The number of benzene rings is 2. The zero-order valence-corrected chi connectivity index (χ0v) is 16.2. The zero-order valence-electron chi connectivity index (χ0n) is 13.8. The van der Waals surface area contributed by atoms with Crippen LogP contribution in [0.2, 0.25) is 0 Å². The average molecular weight is 433 g/mol. The molecule has 0 aliphatic carbocycles. The number of furan rings is 1. The Bertz CT molecular complexity index is 1010. The van der Waals surface area contributed by atoms with Gasteiger partial charge < -0.3 is 14.5 Å². The molecular weight excluding hydrogens is 418 g/mol. The van der Waals surface area contributed by atoms with Crippen LogP contribution in [0.3, 0.4) is 0 Å². The number of amides is 1. The number of allylic oxidation sites excluding steroid dienone is 2. The first-order valence-electron chi connectivity index (χ1n) is 7.73. The molecule has 0 aliphatic rings. The Hall–Kier alpha value is -2.50. The largest absolute Gasteiger partial charge is 0.497 e. The highest BCUT2D eigenvalue weighted by molar-refractivity contribution is 9.10. The van der Waals surface area contributed by atoms with E-state index in [2.05, 4.69) is 21.2 Å². The second-order valence-corrected chi connectivity index (χ2v) is 6.71. The van der Waals surface area contributed by atoms with E-state index < -0.39 is 0 Å². The van der Waals surface area contributed by atoms with E-state index in [1.54, 1.807) is 43.5 Å². The van der Waals surface area contributed by atoms with E-state index in [0.717, 1.165) is 15.4 Å². The van der Waals surface area contributed by atoms with Crippen molar-refractivity contribution < 1.29 is 13.9 Å². The van der Waals surface area contributed by atoms with Crippen LogP contribution < -0.4 is 10.1 Å². The van der Waals surface area contributed by atoms with Crippen LogP contribution in [0.15, 0.2) is 75.6 Å². The van der Waals surface area contributed by atoms with Crippen molar-refractivity contribution in [1.29, 1.82) is 0 Å². The minimum Gasteiger partial charge on any atom is -0.497 e. The number of hydrogen-bond donors (Lipinski definition) is 1. The molecule has 1 aromatic heterocycles. The van der Waals surface area contributed by atoms with Gasteiger partial charge in [-0.05, 0) is 42.5 Å². The highest BCUT2D eigenvalue weighted by Crippen LogP contribution is 2.29. The molecule has 0 atom stereocenters. The monoisotopic (exact) mass is 431 g/mol. The summed E-state index contributed by atoms with van der Waals surface area (Å²) < 4.78 is 11.8. The van der Waals surface area contributed by atoms with E-state index in [1.807, 2.05) is 24.3 Å². The van der Waals surface area contributed by atoms with Crippen molar-refractivity contribution in [3.05, 3.63) is 77.0 Å². The van der Waals surface area contributed by atoms with Crippen LogP contribution in [0.25, 0.3) is 16.0 Å². The average Bonchev–Trinajstić information content (AvgIpc) is 3.05. The number of fused-ring (bicyclic) bond motifs is 1. The molecule has 3 rings (SSSR count). The molecule has 26 heavy (non-hydrogen) atoms. The van der Waals surface area contributed by atoms with Gasteiger partial charge in [0.25, 0.3) is 0 Å². The molecule has 0 spiro atoms. The lowest BCUT2D eigenvalue weighted by Gasteiger charge is -2.04. The van der Waals surface area contributed by atoms with Crippen molar-refractivity contribution in [2.75, 3.05) is 12.4 Å². The standard InChI is InChI=1S/C20H15BrClNO3/c1-25-16-5-2-4-15(12-16)23-20(24)7-3-6-17(22)19-11-13-10-14(21)8-9-18(13)26-19/h2-12H,1H3,(H,23,24). The van der Waals surface area contributed by atoms with Crippen molar-refractivity contribution in [3.63, 3.8) is 0 Å². The highest BCUT2D eigenvalue weighted by Gasteiger charge is 2.07. The Labute approximate surface area is 164 Å². The number of carbonyl (C=O) groups excluding carboxylic acids is 1. The molecule has 1 amide bonds. The number of hydrogen-bond acceptors (Lipinski definition) is 3. The van der Waals surface area contributed by atoms with E-state index in [9.17, 15) is 4.79 Å². The van der Waals surface area contributed by atoms with Gasteiger partial charge in [-0.25, -0.2) is 0 Å². The highest BCUT2D eigenvalue weighted by atomic mass is 79.9. The normalized spacial score (nSPS) is 11.9. The van der Waals surface area contributed by atoms with E-state index in [4.69, 9.17) is 20.8 Å². The van der Waals surface area contributed by atoms with Gasteiger partial charge in [0.15, 0.2) is 0 Å². The van der Waals surface area contributed by atoms with Gasteiger partial charge in [0, 0.05) is 27.7 Å². The minimum atomic E-state index is -0.271. The first-order valence-corrected chi connectivity index (χ1v) is 8.90. The summed E-state index contributed by atoms with van der Waals surface area (Å²) in [5.41, 5.74) is 1.39. The van der Waals surface area contributed by atoms with Crippen LogP contribution in [-0.2, 0) is 4.79 Å². The number of methoxy groups -OCH3 is 1. The first-order chi connectivity index (χ1) is 12.5. The summed E-state index contributed by atoms with van der Waals surface area (Å²) in [5, 5.41) is 4.10. The lowest BCUT2D eigenvalue weighted by Crippen LogP contribution is -2.07. The third-order valence-corrected chi connectivity index (χ3v) is 4.35. The Morgan fingerprint density at radius 3 is 2.88 bits per heavy atom. The quantitative estimate of drug-likeness (QED) is 0.399. The molecule has 0 bridgehead atoms. The molecule has 0 saturated heterocycles. The van der Waals surface area contributed by atoms with Gasteiger partial charge in [-0.3, -0.25) is 4.79 Å². The summed E-state index contributed by atoms with van der Waals surface area (Å²) in [6.07, 6.45) is 4.57. The zero-order chi connectivity index (χ0) is 18.5. The van der Waals surface area contributed by atoms with E-state index in [1.165, 1.54) is 6.08 Å². The molecule has 0 unspecified atom stereocenters. The number of anilines is 1. The topological polar surface area (TPSA) is 51.5 Å². The Morgan fingerprint density at radius 1 is 1.23 bits per heavy atom. The van der Waals surface area contributed by atoms with Gasteiger partial charge in [0.1, 0.15) is 17.1 Å². The number of rotatable bonds is 5. The molecule has 4 nitrogen and oxygen atoms in total. The summed E-state index contributed by atoms with van der Waals surface area (Å²) in [7, 11) is 1.57. The Morgan fingerprint density at radius 2 is 2.08 bits per heavy atom. The number of ether oxygens (including phenoxy) is 1. The predicted molar refractivity (Wildman–Crippen MR) is 109 cm³/mol. The molecule has 0 aliphatic heterocycles. The number of nitrogens with one attached hydrogen (secondary N) is 1. The lowest BCUT2D eigenvalue weighted by molar-refractivity contribution is -0.111. The fourth-order valence-corrected chi connectivity index (χ4v) is 2.86. The molecule has 1 N–H and O–H groups in total. The second-order valence-electron chi connectivity index (χ2n) is 5.39. The van der Waals surface area contributed by atoms with Gasteiger partial charge in [0.05, 0.1) is 12.1 Å². The van der Waals surface area contributed by atoms with Gasteiger partial charge >= 0.3 is 0 Å². The van der Waals surface area contributed by atoms with Gasteiger partial charge in [-0.1, -0.05) is 39.7 Å². The molecule has 6 heteroatoms. The minimum absolute atomic E-state index is 0.271. The smallest absolute Gasteiger partial charge is 0.248 e. The van der Waals surface area contributed by atoms with E-state index in [-0.39, 0.29) is 5.91 Å². The Balaban J connectivity index is 1.67. The maximum Gasteiger partial charge on any atom is 0.248 e. The van der Waals surface area contributed by atoms with Crippen molar-refractivity contribution in [1.82, 2.24) is 0 Å². The van der Waals surface area contributed by atoms with Crippen molar-refractivity contribution in [2.45, 2.75) is 0 Å². The van der Waals surface area contributed by atoms with Crippen LogP contribution >= 0.6 is 27.5 Å². The van der Waals surface area contributed by atoms with Crippen molar-refractivity contribution >= 4 is 55.1 Å². The number of carbonyl (C=O) groups is 1.